The number of carbonyl (C=O) groups is 2. The van der Waals surface area contributed by atoms with Gasteiger partial charge >= 0.3 is 6.18 Å². The maximum Gasteiger partial charge on any atom is 0.418 e. The molecule has 1 aliphatic heterocycles. The fourth-order valence-electron chi connectivity index (χ4n) is 4.08. The number of hydrogen-bond donors (Lipinski definition) is 2. The molecule has 2 heterocycles. The van der Waals surface area contributed by atoms with Gasteiger partial charge in [-0.25, -0.2) is 14.4 Å². The molecule has 2 aromatic carbocycles. The number of ether oxygens (including phenoxy) is 1. The van der Waals surface area contributed by atoms with E-state index in [4.69, 9.17) is 4.74 Å². The summed E-state index contributed by atoms with van der Waals surface area (Å²) >= 11 is 0. The Balaban J connectivity index is 1.43. The van der Waals surface area contributed by atoms with Gasteiger partial charge in [0.05, 0.1) is 28.8 Å². The summed E-state index contributed by atoms with van der Waals surface area (Å²) in [4.78, 5) is 33.9. The van der Waals surface area contributed by atoms with Gasteiger partial charge in [0.2, 0.25) is 5.91 Å². The highest BCUT2D eigenvalue weighted by Gasteiger charge is 2.44. The molecule has 11 heteroatoms. The number of aromatic nitrogens is 2. The molecule has 1 atom stereocenters. The van der Waals surface area contributed by atoms with Gasteiger partial charge in [0.15, 0.2) is 5.78 Å². The van der Waals surface area contributed by atoms with Crippen molar-refractivity contribution in [3.05, 3.63) is 83.2 Å². The number of hydrogen-bond acceptors (Lipinski definition) is 6. The maximum atomic E-state index is 14.8. The van der Waals surface area contributed by atoms with Crippen LogP contribution in [0.15, 0.2) is 54.9 Å². The largest absolute Gasteiger partial charge is 0.418 e. The molecule has 2 N–H and O–H groups in total. The van der Waals surface area contributed by atoms with E-state index in [1.54, 1.807) is 6.92 Å². The van der Waals surface area contributed by atoms with Gasteiger partial charge in [-0.2, -0.15) is 13.2 Å². The quantitative estimate of drug-likeness (QED) is 0.324. The van der Waals surface area contributed by atoms with E-state index in [1.807, 2.05) is 0 Å². The van der Waals surface area contributed by atoms with Crippen LogP contribution in [0.5, 0.6) is 0 Å². The highest BCUT2D eigenvalue weighted by atomic mass is 19.4. The number of ketones is 1. The van der Waals surface area contributed by atoms with Gasteiger partial charge in [-0.3, -0.25) is 9.59 Å². The first-order valence-electron chi connectivity index (χ1n) is 11.5. The van der Waals surface area contributed by atoms with Gasteiger partial charge in [-0.1, -0.05) is 18.2 Å². The average molecular weight is 516 g/mol. The Hall–Kier alpha value is -3.86. The summed E-state index contributed by atoms with van der Waals surface area (Å²) in [5, 5.41) is 5.27. The second kappa shape index (κ2) is 10.6. The molecule has 0 radical (unpaired) electrons. The lowest BCUT2D eigenvalue weighted by molar-refractivity contribution is -0.137. The Bertz CT molecular complexity index is 1290. The highest BCUT2D eigenvalue weighted by molar-refractivity contribution is 5.99. The van der Waals surface area contributed by atoms with E-state index in [0.717, 1.165) is 12.1 Å². The first kappa shape index (κ1) is 26.2. The lowest BCUT2D eigenvalue weighted by Crippen LogP contribution is -2.42. The lowest BCUT2D eigenvalue weighted by Gasteiger charge is -2.25. The Kier molecular flexibility index (Phi) is 7.53. The molecule has 0 aliphatic carbocycles. The van der Waals surface area contributed by atoms with Crippen LogP contribution in [0.25, 0.3) is 0 Å². The topological polar surface area (TPSA) is 93.2 Å². The molecule has 0 bridgehead atoms. The molecule has 194 valence electrons. The predicted molar refractivity (Wildman–Crippen MR) is 127 cm³/mol. The van der Waals surface area contributed by atoms with E-state index in [2.05, 4.69) is 20.6 Å². The minimum absolute atomic E-state index is 0.0429. The number of Topliss-reactive ketones (excluding diaryl/α,β-unsaturated/α-hetero) is 1. The molecular weight excluding hydrogens is 492 g/mol. The average Bonchev–Trinajstić information content (AvgIpc) is 3.33. The van der Waals surface area contributed by atoms with Crippen LogP contribution in [-0.4, -0.2) is 34.9 Å². The third-order valence-electron chi connectivity index (χ3n) is 6.19. The van der Waals surface area contributed by atoms with Crippen molar-refractivity contribution in [1.82, 2.24) is 15.3 Å². The second-order valence-electron chi connectivity index (χ2n) is 8.86. The summed E-state index contributed by atoms with van der Waals surface area (Å²) in [7, 11) is 0. The summed E-state index contributed by atoms with van der Waals surface area (Å²) in [5.74, 6) is -0.950. The fourth-order valence-corrected chi connectivity index (χ4v) is 4.08. The Morgan fingerprint density at radius 2 is 1.84 bits per heavy atom. The van der Waals surface area contributed by atoms with Crippen LogP contribution in [0.3, 0.4) is 0 Å². The van der Waals surface area contributed by atoms with Gasteiger partial charge in [0, 0.05) is 43.2 Å². The lowest BCUT2D eigenvalue weighted by atomic mass is 9.80. The number of halogens is 4. The van der Waals surface area contributed by atoms with Crippen molar-refractivity contribution < 1.29 is 31.9 Å². The number of aryl methyl sites for hydroxylation is 1. The predicted octanol–water partition coefficient (Wildman–Crippen LogP) is 4.98. The third-order valence-corrected chi connectivity index (χ3v) is 6.19. The molecular formula is C26H24F4N4O3. The van der Waals surface area contributed by atoms with Crippen molar-refractivity contribution >= 4 is 23.1 Å². The van der Waals surface area contributed by atoms with Crippen LogP contribution in [-0.2, 0) is 22.3 Å². The van der Waals surface area contributed by atoms with Gasteiger partial charge in [0.25, 0.3) is 0 Å². The van der Waals surface area contributed by atoms with Gasteiger partial charge in [-0.15, -0.1) is 0 Å². The van der Waals surface area contributed by atoms with Crippen LogP contribution >= 0.6 is 0 Å². The standard InChI is InChI=1S/C26H24F4N4O3/c1-16-31-13-18(14-32-16)23(35)11-25(8-9-37-15-25)24(36)33-12-17-6-7-19(10-21(17)27)34-22-5-3-2-4-20(22)26(28,29)30/h2-7,10,13-14,34H,8-9,11-12,15H2,1H3,(H,33,36)/t25-/m0/s1. The normalized spacial score (nSPS) is 17.4. The fraction of sp³-hybridized carbons (Fsp3) is 0.308. The number of benzene rings is 2. The van der Waals surface area contributed by atoms with E-state index < -0.39 is 28.9 Å². The molecule has 1 amide bonds. The summed E-state index contributed by atoms with van der Waals surface area (Å²) < 4.78 is 59.9. The summed E-state index contributed by atoms with van der Waals surface area (Å²) in [6, 6.07) is 8.75. The van der Waals surface area contributed by atoms with Crippen molar-refractivity contribution in [1.29, 1.82) is 0 Å². The number of para-hydroxylation sites is 1. The van der Waals surface area contributed by atoms with E-state index in [-0.39, 0.29) is 47.9 Å². The first-order chi connectivity index (χ1) is 17.6. The number of rotatable bonds is 8. The van der Waals surface area contributed by atoms with Crippen molar-refractivity contribution in [3.8, 4) is 0 Å². The van der Waals surface area contributed by atoms with E-state index >= 15 is 0 Å². The van der Waals surface area contributed by atoms with Gasteiger partial charge < -0.3 is 15.4 Å². The molecule has 4 rings (SSSR count). The van der Waals surface area contributed by atoms with E-state index in [0.29, 0.717) is 18.9 Å². The van der Waals surface area contributed by atoms with Crippen LogP contribution in [0.1, 0.15) is 40.2 Å². The van der Waals surface area contributed by atoms with Crippen molar-refractivity contribution in [2.75, 3.05) is 18.5 Å². The Labute approximate surface area is 210 Å². The summed E-state index contributed by atoms with van der Waals surface area (Å²) in [6.07, 6.45) is -1.55. The SMILES string of the molecule is Cc1ncc(C(=O)C[C@@]2(C(=O)NCc3ccc(Nc4ccccc4C(F)(F)F)cc3F)CCOC2)cn1. The molecule has 3 aromatic rings. The van der Waals surface area contributed by atoms with Crippen molar-refractivity contribution in [3.63, 3.8) is 0 Å². The zero-order valence-corrected chi connectivity index (χ0v) is 19.9. The second-order valence-corrected chi connectivity index (χ2v) is 8.86. The van der Waals surface area contributed by atoms with Crippen LogP contribution < -0.4 is 10.6 Å². The van der Waals surface area contributed by atoms with Crippen LogP contribution in [0.4, 0.5) is 28.9 Å². The zero-order valence-electron chi connectivity index (χ0n) is 19.9. The molecule has 7 nitrogen and oxygen atoms in total. The summed E-state index contributed by atoms with van der Waals surface area (Å²) in [6.45, 7) is 1.87. The molecule has 1 aliphatic rings. The monoisotopic (exact) mass is 516 g/mol. The smallest absolute Gasteiger partial charge is 0.380 e. The molecule has 1 saturated heterocycles. The zero-order chi connectivity index (χ0) is 26.6. The van der Waals surface area contributed by atoms with Crippen LogP contribution in [0.2, 0.25) is 0 Å². The van der Waals surface area contributed by atoms with Gasteiger partial charge in [0.1, 0.15) is 11.6 Å². The van der Waals surface area contributed by atoms with E-state index in [1.165, 1.54) is 42.7 Å². The minimum atomic E-state index is -4.57. The molecule has 0 unspecified atom stereocenters. The highest BCUT2D eigenvalue weighted by Crippen LogP contribution is 2.36. The summed E-state index contributed by atoms with van der Waals surface area (Å²) in [5.41, 5.74) is -1.65. The molecule has 1 fully saturated rings. The van der Waals surface area contributed by atoms with E-state index in [9.17, 15) is 27.2 Å². The number of alkyl halides is 3. The maximum absolute atomic E-state index is 14.8. The first-order valence-corrected chi connectivity index (χ1v) is 11.5. The molecule has 0 saturated carbocycles. The molecule has 37 heavy (non-hydrogen) atoms. The van der Waals surface area contributed by atoms with Crippen molar-refractivity contribution in [2.45, 2.75) is 32.5 Å². The third kappa shape index (κ3) is 6.11. The number of amides is 1. The van der Waals surface area contributed by atoms with Gasteiger partial charge in [-0.05, 0) is 37.6 Å². The van der Waals surface area contributed by atoms with Crippen LogP contribution in [0, 0.1) is 18.2 Å². The molecule has 1 aromatic heterocycles. The molecule has 0 spiro atoms. The minimum Gasteiger partial charge on any atom is -0.380 e. The number of carbonyl (C=O) groups excluding carboxylic acids is 2. The Morgan fingerprint density at radius 3 is 2.49 bits per heavy atom. The Morgan fingerprint density at radius 1 is 1.11 bits per heavy atom. The number of nitrogens with one attached hydrogen (secondary N) is 2. The number of nitrogens with zero attached hydrogens (tertiary/aromatic N) is 2. The van der Waals surface area contributed by atoms with Crippen molar-refractivity contribution in [2.24, 2.45) is 5.41 Å². The number of anilines is 2.